The standard InChI is InChI=1S/C15H14F4N2O4.C10H11NO2/c1-20-12(13(23)21-8-22)5-3-9-2-4-11(17)10(6-9)15(24,25)14(18,19)7-16;1-11-6-7-3-4-8(13-2)5-9(7)10(11)12/h2,4,6,8,12,20,24-25H,7H2,1H3,(H,21,22,23);3-5H,6H2,1-2H3. The molecule has 0 bridgehead atoms. The molecule has 0 aromatic heterocycles. The Morgan fingerprint density at radius 3 is 2.53 bits per heavy atom. The first-order valence-corrected chi connectivity index (χ1v) is 10.9. The van der Waals surface area contributed by atoms with E-state index in [1.807, 2.05) is 17.4 Å². The van der Waals surface area contributed by atoms with E-state index in [9.17, 15) is 42.2 Å². The van der Waals surface area contributed by atoms with E-state index in [0.717, 1.165) is 22.9 Å². The normalized spacial score (nSPS) is 13.4. The molecule has 0 saturated heterocycles. The highest BCUT2D eigenvalue weighted by Crippen LogP contribution is 2.37. The molecule has 0 spiro atoms. The van der Waals surface area contributed by atoms with Crippen LogP contribution in [0, 0.1) is 17.7 Å². The summed E-state index contributed by atoms with van der Waals surface area (Å²) in [4.78, 5) is 34.9. The van der Waals surface area contributed by atoms with Gasteiger partial charge in [-0.25, -0.2) is 8.78 Å². The molecule has 38 heavy (non-hydrogen) atoms. The van der Waals surface area contributed by atoms with Crippen LogP contribution < -0.4 is 15.4 Å². The number of alkyl halides is 3. The van der Waals surface area contributed by atoms with Crippen molar-refractivity contribution in [1.82, 2.24) is 15.5 Å². The number of imide groups is 1. The van der Waals surface area contributed by atoms with Crippen molar-refractivity contribution in [2.24, 2.45) is 0 Å². The van der Waals surface area contributed by atoms with Crippen molar-refractivity contribution in [2.75, 3.05) is 27.9 Å². The zero-order chi connectivity index (χ0) is 28.7. The van der Waals surface area contributed by atoms with Crippen molar-refractivity contribution in [2.45, 2.75) is 24.3 Å². The number of hydrogen-bond acceptors (Lipinski definition) is 7. The third-order valence-corrected chi connectivity index (χ3v) is 5.43. The molecule has 204 valence electrons. The summed E-state index contributed by atoms with van der Waals surface area (Å²) in [6, 6.07) is 6.71. The van der Waals surface area contributed by atoms with Crippen LogP contribution in [0.2, 0.25) is 0 Å². The summed E-state index contributed by atoms with van der Waals surface area (Å²) >= 11 is 0. The topological polar surface area (TPSA) is 128 Å². The summed E-state index contributed by atoms with van der Waals surface area (Å²) in [5.41, 5.74) is 0.410. The number of nitrogens with one attached hydrogen (secondary N) is 2. The Kier molecular flexibility index (Phi) is 9.95. The quantitative estimate of drug-likeness (QED) is 0.179. The van der Waals surface area contributed by atoms with Crippen LogP contribution in [0.15, 0.2) is 36.4 Å². The zero-order valence-corrected chi connectivity index (χ0v) is 20.5. The minimum atomic E-state index is -4.66. The SMILES string of the molecule is CNC(C#Cc1ccc(F)c(C(O)(O)C(F)(F)CF)c1)C(=O)NC=O.COc1ccc2c(c1)C(=O)N(C)C2. The van der Waals surface area contributed by atoms with Gasteiger partial charge in [0.15, 0.2) is 6.67 Å². The number of rotatable bonds is 7. The molecule has 0 radical (unpaired) electrons. The number of carbonyl (C=O) groups excluding carboxylic acids is 3. The van der Waals surface area contributed by atoms with Gasteiger partial charge in [0, 0.05) is 24.7 Å². The van der Waals surface area contributed by atoms with Crippen molar-refractivity contribution in [1.29, 1.82) is 0 Å². The molecule has 1 aliphatic heterocycles. The second-order valence-electron chi connectivity index (χ2n) is 8.01. The summed E-state index contributed by atoms with van der Waals surface area (Å²) in [6.45, 7) is -1.72. The van der Waals surface area contributed by atoms with Crippen LogP contribution in [0.5, 0.6) is 5.75 Å². The van der Waals surface area contributed by atoms with E-state index in [1.165, 1.54) is 7.05 Å². The number of aliphatic hydroxyl groups is 2. The number of hydrogen-bond donors (Lipinski definition) is 4. The maximum atomic E-state index is 13.7. The number of methoxy groups -OCH3 is 1. The lowest BCUT2D eigenvalue weighted by Crippen LogP contribution is -2.47. The summed E-state index contributed by atoms with van der Waals surface area (Å²) < 4.78 is 57.7. The lowest BCUT2D eigenvalue weighted by molar-refractivity contribution is -0.310. The molecule has 2 aromatic carbocycles. The molecule has 3 rings (SSSR count). The molecule has 4 N–H and O–H groups in total. The van der Waals surface area contributed by atoms with Crippen LogP contribution in [0.1, 0.15) is 27.0 Å². The predicted octanol–water partition coefficient (Wildman–Crippen LogP) is 1.06. The van der Waals surface area contributed by atoms with Gasteiger partial charge in [0.1, 0.15) is 17.6 Å². The third kappa shape index (κ3) is 6.65. The van der Waals surface area contributed by atoms with E-state index >= 15 is 0 Å². The molecule has 1 atom stereocenters. The summed E-state index contributed by atoms with van der Waals surface area (Å²) in [5.74, 6) is -5.47. The maximum absolute atomic E-state index is 13.7. The minimum absolute atomic E-state index is 0.0777. The van der Waals surface area contributed by atoms with E-state index in [-0.39, 0.29) is 17.9 Å². The number of benzene rings is 2. The van der Waals surface area contributed by atoms with Gasteiger partial charge >= 0.3 is 5.92 Å². The number of nitrogens with zero attached hydrogens (tertiary/aromatic N) is 1. The molecule has 3 amide bonds. The van der Waals surface area contributed by atoms with Crippen LogP contribution in [0.4, 0.5) is 17.6 Å². The minimum Gasteiger partial charge on any atom is -0.497 e. The van der Waals surface area contributed by atoms with E-state index in [2.05, 4.69) is 17.2 Å². The zero-order valence-electron chi connectivity index (χ0n) is 20.5. The monoisotopic (exact) mass is 539 g/mol. The third-order valence-electron chi connectivity index (χ3n) is 5.43. The molecule has 1 heterocycles. The molecular formula is C25H25F4N3O6. The Bertz CT molecular complexity index is 1260. The summed E-state index contributed by atoms with van der Waals surface area (Å²) in [6.07, 6.45) is 0.134. The molecule has 0 fully saturated rings. The second kappa shape index (κ2) is 12.5. The van der Waals surface area contributed by atoms with E-state index in [1.54, 1.807) is 25.1 Å². The van der Waals surface area contributed by atoms with Gasteiger partial charge in [-0.15, -0.1) is 0 Å². The van der Waals surface area contributed by atoms with Crippen LogP contribution in [0.3, 0.4) is 0 Å². The highest BCUT2D eigenvalue weighted by molar-refractivity contribution is 5.98. The van der Waals surface area contributed by atoms with Crippen LogP contribution in [-0.4, -0.2) is 73.2 Å². The van der Waals surface area contributed by atoms with Gasteiger partial charge in [-0.1, -0.05) is 17.9 Å². The van der Waals surface area contributed by atoms with Gasteiger partial charge in [-0.2, -0.15) is 8.78 Å². The Hall–Kier alpha value is -3.99. The van der Waals surface area contributed by atoms with Gasteiger partial charge in [0.05, 0.1) is 12.7 Å². The van der Waals surface area contributed by atoms with Crippen LogP contribution >= 0.6 is 0 Å². The molecule has 0 aliphatic carbocycles. The highest BCUT2D eigenvalue weighted by Gasteiger charge is 2.54. The number of carbonyl (C=O) groups is 3. The van der Waals surface area contributed by atoms with Gasteiger partial charge in [-0.05, 0) is 42.9 Å². The number of halogens is 4. The number of amides is 3. The molecule has 1 unspecified atom stereocenters. The van der Waals surface area contributed by atoms with Gasteiger partial charge in [-0.3, -0.25) is 25.0 Å². The largest absolute Gasteiger partial charge is 0.497 e. The Labute approximate surface area is 215 Å². The molecule has 1 aliphatic rings. The predicted molar refractivity (Wildman–Crippen MR) is 126 cm³/mol. The fraction of sp³-hybridized carbons (Fsp3) is 0.320. The molecular weight excluding hydrogens is 514 g/mol. The first kappa shape index (κ1) is 30.2. The Morgan fingerprint density at radius 1 is 1.26 bits per heavy atom. The van der Waals surface area contributed by atoms with E-state index < -0.39 is 41.7 Å². The first-order valence-electron chi connectivity index (χ1n) is 10.9. The number of likely N-dealkylation sites (N-methyl/N-ethyl adjacent to an activating group) is 1. The van der Waals surface area contributed by atoms with Crippen LogP contribution in [-0.2, 0) is 21.9 Å². The van der Waals surface area contributed by atoms with E-state index in [0.29, 0.717) is 18.7 Å². The average Bonchev–Trinajstić information content (AvgIpc) is 3.18. The van der Waals surface area contributed by atoms with Crippen LogP contribution in [0.25, 0.3) is 0 Å². The fourth-order valence-corrected chi connectivity index (χ4v) is 3.28. The number of ether oxygens (including phenoxy) is 1. The molecule has 9 nitrogen and oxygen atoms in total. The smallest absolute Gasteiger partial charge is 0.332 e. The average molecular weight is 539 g/mol. The van der Waals surface area contributed by atoms with Gasteiger partial charge in [0.25, 0.3) is 17.6 Å². The molecule has 2 aromatic rings. The second-order valence-corrected chi connectivity index (χ2v) is 8.01. The van der Waals surface area contributed by atoms with Crippen molar-refractivity contribution in [3.63, 3.8) is 0 Å². The molecule has 0 saturated carbocycles. The lowest BCUT2D eigenvalue weighted by atomic mass is 9.97. The van der Waals surface area contributed by atoms with Crippen molar-refractivity contribution in [3.8, 4) is 17.6 Å². The maximum Gasteiger partial charge on any atom is 0.332 e. The summed E-state index contributed by atoms with van der Waals surface area (Å²) in [7, 11) is 4.76. The first-order chi connectivity index (χ1) is 17.8. The van der Waals surface area contributed by atoms with E-state index in [4.69, 9.17) is 4.74 Å². The van der Waals surface area contributed by atoms with Gasteiger partial charge < -0.3 is 19.8 Å². The van der Waals surface area contributed by atoms with Crippen molar-refractivity contribution in [3.05, 3.63) is 64.5 Å². The van der Waals surface area contributed by atoms with Crippen molar-refractivity contribution < 1.29 is 46.9 Å². The Balaban J connectivity index is 0.000000323. The van der Waals surface area contributed by atoms with Crippen molar-refractivity contribution >= 4 is 18.2 Å². The fourth-order valence-electron chi connectivity index (χ4n) is 3.28. The van der Waals surface area contributed by atoms with Gasteiger partial charge in [0.2, 0.25) is 6.41 Å². The molecule has 13 heteroatoms. The summed E-state index contributed by atoms with van der Waals surface area (Å²) in [5, 5.41) is 23.2. The highest BCUT2D eigenvalue weighted by atomic mass is 19.3. The number of fused-ring (bicyclic) bond motifs is 1. The lowest BCUT2D eigenvalue weighted by Gasteiger charge is -2.29. The Morgan fingerprint density at radius 2 is 1.95 bits per heavy atom.